The van der Waals surface area contributed by atoms with Crippen LogP contribution in [0.25, 0.3) is 0 Å². The summed E-state index contributed by atoms with van der Waals surface area (Å²) in [5.74, 6) is 1.65. The monoisotopic (exact) mass is 360 g/mol. The van der Waals surface area contributed by atoms with Crippen molar-refractivity contribution in [1.29, 1.82) is 0 Å². The highest BCUT2D eigenvalue weighted by Crippen LogP contribution is 2.88. The maximum Gasteiger partial charge on any atom is 0.00930 e. The maximum absolute atomic E-state index is 5.91. The number of hydrogen-bond acceptors (Lipinski definition) is 1. The molecule has 4 aliphatic rings. The average Bonchev–Trinajstić information content (AvgIpc) is 3.06. The van der Waals surface area contributed by atoms with Crippen molar-refractivity contribution in [3.8, 4) is 0 Å². The molecule has 0 aliphatic heterocycles. The van der Waals surface area contributed by atoms with E-state index < -0.39 is 0 Å². The van der Waals surface area contributed by atoms with Gasteiger partial charge in [0.1, 0.15) is 0 Å². The molecule has 5 unspecified atom stereocenters. The fourth-order valence-corrected chi connectivity index (χ4v) is 8.04. The van der Waals surface area contributed by atoms with Crippen LogP contribution in [0.1, 0.15) is 50.7 Å². The standard InChI is InChI=1S/C25H28S/c1-3-23(21-12-8-5-9-13-21)17-24(18(2)26)15-20-16-25(23,24)22(20)14-19-10-6-4-7-11-19/h4-13,20,22H,3,14-17H2,1-2H3. The van der Waals surface area contributed by atoms with Crippen LogP contribution in [-0.2, 0) is 11.8 Å². The zero-order valence-corrected chi connectivity index (χ0v) is 16.7. The van der Waals surface area contributed by atoms with Crippen LogP contribution in [0.3, 0.4) is 0 Å². The smallest absolute Gasteiger partial charge is 0.00930 e. The van der Waals surface area contributed by atoms with Crippen LogP contribution in [0, 0.1) is 22.7 Å². The van der Waals surface area contributed by atoms with E-state index in [9.17, 15) is 0 Å². The molecule has 4 aliphatic carbocycles. The summed E-state index contributed by atoms with van der Waals surface area (Å²) in [5, 5.41) is 0. The first-order valence-corrected chi connectivity index (χ1v) is 10.6. The highest BCUT2D eigenvalue weighted by Gasteiger charge is 2.85. The third kappa shape index (κ3) is 1.74. The summed E-state index contributed by atoms with van der Waals surface area (Å²) >= 11 is 5.91. The molecule has 0 heterocycles. The van der Waals surface area contributed by atoms with E-state index in [2.05, 4.69) is 74.5 Å². The Morgan fingerprint density at radius 3 is 2.27 bits per heavy atom. The van der Waals surface area contributed by atoms with E-state index >= 15 is 0 Å². The summed E-state index contributed by atoms with van der Waals surface area (Å²) in [5.41, 5.74) is 4.10. The van der Waals surface area contributed by atoms with Gasteiger partial charge in [-0.25, -0.2) is 0 Å². The van der Waals surface area contributed by atoms with Gasteiger partial charge < -0.3 is 0 Å². The summed E-state index contributed by atoms with van der Waals surface area (Å²) in [6.07, 6.45) is 6.47. The molecule has 1 spiro atoms. The van der Waals surface area contributed by atoms with Gasteiger partial charge in [-0.1, -0.05) is 79.8 Å². The predicted octanol–water partition coefficient (Wildman–Crippen LogP) is 6.38. The third-order valence-electron chi connectivity index (χ3n) is 8.61. The molecule has 4 fully saturated rings. The van der Waals surface area contributed by atoms with Crippen molar-refractivity contribution >= 4 is 17.1 Å². The van der Waals surface area contributed by atoms with Gasteiger partial charge in [0.05, 0.1) is 0 Å². The fraction of sp³-hybridized carbons (Fsp3) is 0.480. The normalized spacial score (nSPS) is 39.6. The van der Waals surface area contributed by atoms with Gasteiger partial charge in [0.25, 0.3) is 0 Å². The zero-order chi connectivity index (χ0) is 18.0. The molecule has 2 aromatic rings. The molecule has 4 saturated carbocycles. The Labute approximate surface area is 163 Å². The minimum atomic E-state index is 0.318. The van der Waals surface area contributed by atoms with E-state index in [1.807, 2.05) is 0 Å². The van der Waals surface area contributed by atoms with Gasteiger partial charge in [-0.15, -0.1) is 0 Å². The minimum absolute atomic E-state index is 0.318. The molecule has 0 radical (unpaired) electrons. The lowest BCUT2D eigenvalue weighted by molar-refractivity contribution is -0.178. The number of benzene rings is 2. The molecule has 0 saturated heterocycles. The molecule has 134 valence electrons. The van der Waals surface area contributed by atoms with Gasteiger partial charge in [-0.05, 0) is 72.3 Å². The Bertz CT molecular complexity index is 841. The molecule has 0 N–H and O–H groups in total. The molecule has 2 bridgehead atoms. The van der Waals surface area contributed by atoms with Crippen LogP contribution in [0.5, 0.6) is 0 Å². The first-order chi connectivity index (χ1) is 12.6. The van der Waals surface area contributed by atoms with Gasteiger partial charge in [-0.2, -0.15) is 0 Å². The van der Waals surface area contributed by atoms with Crippen molar-refractivity contribution in [2.24, 2.45) is 22.7 Å². The second-order valence-electron chi connectivity index (χ2n) is 9.05. The topological polar surface area (TPSA) is 0 Å². The molecule has 6 rings (SSSR count). The van der Waals surface area contributed by atoms with Gasteiger partial charge in [0.15, 0.2) is 0 Å². The van der Waals surface area contributed by atoms with Gasteiger partial charge in [0.2, 0.25) is 0 Å². The molecule has 5 atom stereocenters. The Kier molecular flexibility index (Phi) is 3.54. The van der Waals surface area contributed by atoms with Gasteiger partial charge in [0, 0.05) is 10.8 Å². The van der Waals surface area contributed by atoms with Crippen molar-refractivity contribution in [1.82, 2.24) is 0 Å². The Morgan fingerprint density at radius 1 is 1.00 bits per heavy atom. The van der Waals surface area contributed by atoms with E-state index in [1.54, 1.807) is 5.56 Å². The lowest BCUT2D eigenvalue weighted by Gasteiger charge is -2.74. The van der Waals surface area contributed by atoms with E-state index in [0.29, 0.717) is 16.2 Å². The summed E-state index contributed by atoms with van der Waals surface area (Å²) in [6, 6.07) is 22.5. The molecule has 2 aromatic carbocycles. The van der Waals surface area contributed by atoms with Gasteiger partial charge >= 0.3 is 0 Å². The first kappa shape index (κ1) is 16.7. The van der Waals surface area contributed by atoms with Crippen LogP contribution >= 0.6 is 12.2 Å². The van der Waals surface area contributed by atoms with Gasteiger partial charge in [-0.3, -0.25) is 0 Å². The Hall–Kier alpha value is -1.47. The fourth-order valence-electron chi connectivity index (χ4n) is 7.70. The average molecular weight is 361 g/mol. The molecular formula is C25H28S. The minimum Gasteiger partial charge on any atom is -0.0894 e. The van der Waals surface area contributed by atoms with Crippen molar-refractivity contribution < 1.29 is 0 Å². The van der Waals surface area contributed by atoms with Crippen molar-refractivity contribution in [3.63, 3.8) is 0 Å². The van der Waals surface area contributed by atoms with Crippen molar-refractivity contribution in [2.45, 2.75) is 51.4 Å². The van der Waals surface area contributed by atoms with Crippen LogP contribution in [0.4, 0.5) is 0 Å². The third-order valence-corrected chi connectivity index (χ3v) is 9.00. The number of rotatable bonds is 5. The van der Waals surface area contributed by atoms with E-state index in [-0.39, 0.29) is 0 Å². The molecular weight excluding hydrogens is 332 g/mol. The molecule has 0 amide bonds. The summed E-state index contributed by atoms with van der Waals surface area (Å²) in [4.78, 5) is 1.29. The van der Waals surface area contributed by atoms with E-state index in [4.69, 9.17) is 12.2 Å². The van der Waals surface area contributed by atoms with Crippen LogP contribution in [-0.4, -0.2) is 4.86 Å². The van der Waals surface area contributed by atoms with Crippen molar-refractivity contribution in [3.05, 3.63) is 71.8 Å². The molecule has 0 nitrogen and oxygen atoms in total. The highest BCUT2D eigenvalue weighted by molar-refractivity contribution is 7.80. The SMILES string of the molecule is CCC1(c2ccccc2)CC2(C(C)=S)CC3CC21C3Cc1ccccc1. The Balaban J connectivity index is 1.61. The lowest BCUT2D eigenvalue weighted by Crippen LogP contribution is -2.72. The molecule has 1 heteroatoms. The van der Waals surface area contributed by atoms with E-state index in [0.717, 1.165) is 11.8 Å². The van der Waals surface area contributed by atoms with Crippen LogP contribution in [0.15, 0.2) is 60.7 Å². The highest BCUT2D eigenvalue weighted by atomic mass is 32.1. The quantitative estimate of drug-likeness (QED) is 0.557. The van der Waals surface area contributed by atoms with Crippen LogP contribution < -0.4 is 0 Å². The zero-order valence-electron chi connectivity index (χ0n) is 15.9. The van der Waals surface area contributed by atoms with Crippen LogP contribution in [0.2, 0.25) is 0 Å². The lowest BCUT2D eigenvalue weighted by atomic mass is 9.29. The number of hydrogen-bond donors (Lipinski definition) is 0. The van der Waals surface area contributed by atoms with Crippen molar-refractivity contribution in [2.75, 3.05) is 0 Å². The summed E-state index contributed by atoms with van der Waals surface area (Å²) in [6.45, 7) is 4.65. The number of thiocarbonyl (C=S) groups is 1. The Morgan fingerprint density at radius 2 is 1.65 bits per heavy atom. The maximum atomic E-state index is 5.91. The first-order valence-electron chi connectivity index (χ1n) is 10.2. The largest absolute Gasteiger partial charge is 0.0894 e. The predicted molar refractivity (Wildman–Crippen MR) is 113 cm³/mol. The summed E-state index contributed by atoms with van der Waals surface area (Å²) < 4.78 is 0. The van der Waals surface area contributed by atoms with E-state index in [1.165, 1.54) is 42.5 Å². The summed E-state index contributed by atoms with van der Waals surface area (Å²) in [7, 11) is 0. The molecule has 26 heavy (non-hydrogen) atoms. The second-order valence-corrected chi connectivity index (χ2v) is 9.67. The second kappa shape index (κ2) is 5.52. The molecule has 0 aromatic heterocycles.